The van der Waals surface area contributed by atoms with E-state index in [2.05, 4.69) is 20.3 Å². The average Bonchev–Trinajstić information content (AvgIpc) is 3.23. The zero-order valence-electron chi connectivity index (χ0n) is 13.1. The van der Waals surface area contributed by atoms with Crippen LogP contribution in [0.15, 0.2) is 30.3 Å². The van der Waals surface area contributed by atoms with E-state index in [1.54, 1.807) is 23.1 Å². The van der Waals surface area contributed by atoms with Crippen molar-refractivity contribution in [3.8, 4) is 11.3 Å². The van der Waals surface area contributed by atoms with E-state index in [1.165, 1.54) is 7.11 Å². The van der Waals surface area contributed by atoms with Crippen LogP contribution in [0.25, 0.3) is 11.3 Å². The first kappa shape index (κ1) is 16.3. The van der Waals surface area contributed by atoms with Crippen LogP contribution in [0.1, 0.15) is 16.9 Å². The molecule has 0 bridgehead atoms. The number of amides is 2. The fourth-order valence-corrected chi connectivity index (χ4v) is 2.86. The Morgan fingerprint density at radius 3 is 3.00 bits per heavy atom. The first-order valence-electron chi connectivity index (χ1n) is 7.52. The Labute approximate surface area is 143 Å². The minimum Gasteiger partial charge on any atom is -0.453 e. The highest BCUT2D eigenvalue weighted by Gasteiger charge is 2.28. The Balaban J connectivity index is 1.63. The normalized spacial score (nSPS) is 16.9. The second-order valence-electron chi connectivity index (χ2n) is 5.55. The van der Waals surface area contributed by atoms with E-state index in [-0.39, 0.29) is 18.0 Å². The lowest BCUT2D eigenvalue weighted by molar-refractivity contribution is 0.0929. The summed E-state index contributed by atoms with van der Waals surface area (Å²) >= 11 is 5.97. The van der Waals surface area contributed by atoms with Gasteiger partial charge in [-0.3, -0.25) is 9.89 Å². The van der Waals surface area contributed by atoms with Crippen molar-refractivity contribution in [1.29, 1.82) is 0 Å². The summed E-state index contributed by atoms with van der Waals surface area (Å²) in [5.41, 5.74) is 1.84. The number of carbonyl (C=O) groups is 2. The van der Waals surface area contributed by atoms with E-state index in [4.69, 9.17) is 11.6 Å². The van der Waals surface area contributed by atoms with E-state index in [0.717, 1.165) is 5.56 Å². The van der Waals surface area contributed by atoms with Crippen LogP contribution in [0.4, 0.5) is 4.79 Å². The summed E-state index contributed by atoms with van der Waals surface area (Å²) in [5, 5.41) is 10.4. The number of aromatic nitrogens is 2. The van der Waals surface area contributed by atoms with Crippen LogP contribution < -0.4 is 5.32 Å². The van der Waals surface area contributed by atoms with Gasteiger partial charge in [-0.05, 0) is 24.6 Å². The molecule has 1 aliphatic heterocycles. The molecule has 8 heteroatoms. The molecule has 1 aromatic carbocycles. The van der Waals surface area contributed by atoms with Crippen molar-refractivity contribution in [2.24, 2.45) is 0 Å². The van der Waals surface area contributed by atoms with E-state index in [0.29, 0.717) is 35.9 Å². The van der Waals surface area contributed by atoms with Crippen LogP contribution in [-0.4, -0.2) is 53.3 Å². The number of halogens is 1. The van der Waals surface area contributed by atoms with E-state index in [9.17, 15) is 9.59 Å². The largest absolute Gasteiger partial charge is 0.453 e. The molecule has 2 N–H and O–H groups in total. The van der Waals surface area contributed by atoms with Gasteiger partial charge in [0.1, 0.15) is 5.69 Å². The van der Waals surface area contributed by atoms with E-state index < -0.39 is 0 Å². The fraction of sp³-hybridized carbons (Fsp3) is 0.312. The molecule has 1 aromatic heterocycles. The number of hydrogen-bond donors (Lipinski definition) is 2. The Morgan fingerprint density at radius 2 is 2.25 bits per heavy atom. The molecule has 7 nitrogen and oxygen atoms in total. The van der Waals surface area contributed by atoms with Crippen molar-refractivity contribution >= 4 is 23.6 Å². The molecule has 1 saturated heterocycles. The number of methoxy groups -OCH3 is 1. The lowest BCUT2D eigenvalue weighted by Gasteiger charge is -2.15. The Bertz CT molecular complexity index is 761. The number of rotatable bonds is 3. The summed E-state index contributed by atoms with van der Waals surface area (Å²) < 4.78 is 4.68. The van der Waals surface area contributed by atoms with Crippen molar-refractivity contribution in [2.45, 2.75) is 12.5 Å². The molecule has 2 amide bonds. The van der Waals surface area contributed by atoms with Crippen LogP contribution in [0.5, 0.6) is 0 Å². The van der Waals surface area contributed by atoms with Gasteiger partial charge in [0.2, 0.25) is 0 Å². The highest BCUT2D eigenvalue weighted by Crippen LogP contribution is 2.21. The predicted molar refractivity (Wildman–Crippen MR) is 88.9 cm³/mol. The van der Waals surface area contributed by atoms with Gasteiger partial charge in [-0.1, -0.05) is 23.7 Å². The summed E-state index contributed by atoms with van der Waals surface area (Å²) in [6.45, 7) is 1.00. The van der Waals surface area contributed by atoms with Gasteiger partial charge < -0.3 is 15.0 Å². The van der Waals surface area contributed by atoms with Crippen molar-refractivity contribution in [1.82, 2.24) is 20.4 Å². The van der Waals surface area contributed by atoms with Crippen molar-refractivity contribution in [2.75, 3.05) is 20.2 Å². The second-order valence-corrected chi connectivity index (χ2v) is 5.99. The second kappa shape index (κ2) is 6.92. The summed E-state index contributed by atoms with van der Waals surface area (Å²) in [7, 11) is 1.34. The zero-order chi connectivity index (χ0) is 17.1. The van der Waals surface area contributed by atoms with Gasteiger partial charge in [-0.15, -0.1) is 0 Å². The molecule has 2 aromatic rings. The summed E-state index contributed by atoms with van der Waals surface area (Å²) in [4.78, 5) is 25.3. The van der Waals surface area contributed by atoms with Gasteiger partial charge in [-0.25, -0.2) is 4.79 Å². The fourth-order valence-electron chi connectivity index (χ4n) is 2.67. The number of aromatic amines is 1. The maximum absolute atomic E-state index is 12.3. The third-order valence-corrected chi connectivity index (χ3v) is 4.13. The molecule has 0 saturated carbocycles. The molecule has 1 aliphatic rings. The number of nitrogens with one attached hydrogen (secondary N) is 2. The van der Waals surface area contributed by atoms with Crippen molar-refractivity contribution < 1.29 is 14.3 Å². The lowest BCUT2D eigenvalue weighted by Crippen LogP contribution is -2.38. The highest BCUT2D eigenvalue weighted by molar-refractivity contribution is 6.30. The monoisotopic (exact) mass is 348 g/mol. The molecule has 0 spiro atoms. The summed E-state index contributed by atoms with van der Waals surface area (Å²) in [5.74, 6) is -0.257. The quantitative estimate of drug-likeness (QED) is 0.891. The summed E-state index contributed by atoms with van der Waals surface area (Å²) in [6.07, 6.45) is 0.312. The van der Waals surface area contributed by atoms with Crippen molar-refractivity contribution in [3.63, 3.8) is 0 Å². The maximum atomic E-state index is 12.3. The highest BCUT2D eigenvalue weighted by atomic mass is 35.5. The van der Waals surface area contributed by atoms with E-state index >= 15 is 0 Å². The minimum atomic E-state index is -0.378. The molecule has 24 heavy (non-hydrogen) atoms. The van der Waals surface area contributed by atoms with Crippen LogP contribution >= 0.6 is 11.6 Å². The van der Waals surface area contributed by atoms with Gasteiger partial charge >= 0.3 is 6.09 Å². The number of ether oxygens (including phenoxy) is 1. The summed E-state index contributed by atoms with van der Waals surface area (Å²) in [6, 6.07) is 8.83. The molecule has 0 radical (unpaired) electrons. The predicted octanol–water partition coefficient (Wildman–Crippen LogP) is 2.30. The molecular weight excluding hydrogens is 332 g/mol. The smallest absolute Gasteiger partial charge is 0.409 e. The first-order chi connectivity index (χ1) is 11.6. The number of carbonyl (C=O) groups excluding carboxylic acids is 2. The maximum Gasteiger partial charge on any atom is 0.409 e. The number of benzene rings is 1. The standard InChI is InChI=1S/C16H17ClN4O3/c1-24-16(23)21-6-5-12(9-21)18-15(22)14-8-13(19-20-14)10-3-2-4-11(17)7-10/h2-4,7-8,12H,5-6,9H2,1H3,(H,18,22)(H,19,20)/t12-/m1/s1. The topological polar surface area (TPSA) is 87.3 Å². The number of H-pyrrole nitrogens is 1. The van der Waals surface area contributed by atoms with Crippen LogP contribution in [0, 0.1) is 0 Å². The minimum absolute atomic E-state index is 0.102. The van der Waals surface area contributed by atoms with Gasteiger partial charge in [0.05, 0.1) is 12.8 Å². The van der Waals surface area contributed by atoms with Gasteiger partial charge in [0, 0.05) is 29.7 Å². The molecular formula is C16H17ClN4O3. The number of nitrogens with zero attached hydrogens (tertiary/aromatic N) is 2. The average molecular weight is 349 g/mol. The van der Waals surface area contributed by atoms with Crippen LogP contribution in [0.2, 0.25) is 5.02 Å². The number of hydrogen-bond acceptors (Lipinski definition) is 4. The third kappa shape index (κ3) is 3.51. The van der Waals surface area contributed by atoms with Gasteiger partial charge in [0.15, 0.2) is 0 Å². The third-order valence-electron chi connectivity index (χ3n) is 3.90. The van der Waals surface area contributed by atoms with Crippen LogP contribution in [-0.2, 0) is 4.74 Å². The molecule has 1 atom stereocenters. The molecule has 3 rings (SSSR count). The molecule has 1 fully saturated rings. The SMILES string of the molecule is COC(=O)N1CC[C@@H](NC(=O)c2cc(-c3cccc(Cl)c3)n[nH]2)C1. The Morgan fingerprint density at radius 1 is 1.42 bits per heavy atom. The first-order valence-corrected chi connectivity index (χ1v) is 7.89. The molecule has 126 valence electrons. The molecule has 2 heterocycles. The number of likely N-dealkylation sites (tertiary alicyclic amines) is 1. The van der Waals surface area contributed by atoms with E-state index in [1.807, 2.05) is 12.1 Å². The van der Waals surface area contributed by atoms with Gasteiger partial charge in [0.25, 0.3) is 5.91 Å². The Hall–Kier alpha value is -2.54. The molecule has 0 aliphatic carbocycles. The Kier molecular flexibility index (Phi) is 4.71. The lowest BCUT2D eigenvalue weighted by atomic mass is 10.1. The zero-order valence-corrected chi connectivity index (χ0v) is 13.8. The van der Waals surface area contributed by atoms with Crippen molar-refractivity contribution in [3.05, 3.63) is 41.0 Å². The van der Waals surface area contributed by atoms with Crippen LogP contribution in [0.3, 0.4) is 0 Å². The van der Waals surface area contributed by atoms with Gasteiger partial charge in [-0.2, -0.15) is 5.10 Å². The molecule has 0 unspecified atom stereocenters.